The number of rotatable bonds is 6. The quantitative estimate of drug-likeness (QED) is 0.292. The Labute approximate surface area is 186 Å². The number of carbonyl (C=O) groups excluding carboxylic acids is 1. The molecule has 0 aliphatic heterocycles. The summed E-state index contributed by atoms with van der Waals surface area (Å²) in [6, 6.07) is 14.3. The van der Waals surface area contributed by atoms with Crippen molar-refractivity contribution in [3.05, 3.63) is 76.6 Å². The molecule has 0 saturated heterocycles. The van der Waals surface area contributed by atoms with Gasteiger partial charge < -0.3 is 0 Å². The van der Waals surface area contributed by atoms with Crippen molar-refractivity contribution in [2.75, 3.05) is 0 Å². The Bertz CT molecular complexity index is 1090. The first-order valence-corrected chi connectivity index (χ1v) is 9.87. The standard InChI is InChI=1S/C23H18ClF4NO3/c1-21(2)18(12-19(24)23(26,27)28)22(21,13-29)20(30)32-31-17-5-3-4-15(11-17)10-14-6-8-16(25)9-7-14/h3-9,11-12,18H,10H2,1-2H3. The Kier molecular flexibility index (Phi) is 6.25. The second kappa shape index (κ2) is 8.47. The van der Waals surface area contributed by atoms with Gasteiger partial charge in [0.1, 0.15) is 10.8 Å². The fourth-order valence-electron chi connectivity index (χ4n) is 3.72. The molecule has 0 amide bonds. The maximum Gasteiger partial charge on any atom is 0.426 e. The van der Waals surface area contributed by atoms with Gasteiger partial charge in [0, 0.05) is 11.3 Å². The summed E-state index contributed by atoms with van der Waals surface area (Å²) < 4.78 is 51.4. The average Bonchev–Trinajstić information content (AvgIpc) is 3.21. The second-order valence-electron chi connectivity index (χ2n) is 8.04. The third-order valence-electron chi connectivity index (χ3n) is 5.69. The Morgan fingerprint density at radius 3 is 2.44 bits per heavy atom. The first kappa shape index (κ1) is 23.6. The third-order valence-corrected chi connectivity index (χ3v) is 6.03. The Morgan fingerprint density at radius 2 is 1.84 bits per heavy atom. The van der Waals surface area contributed by atoms with E-state index >= 15 is 0 Å². The monoisotopic (exact) mass is 467 g/mol. The largest absolute Gasteiger partial charge is 0.426 e. The van der Waals surface area contributed by atoms with Crippen molar-refractivity contribution < 1.29 is 32.1 Å². The summed E-state index contributed by atoms with van der Waals surface area (Å²) >= 11 is 5.30. The van der Waals surface area contributed by atoms with Crippen LogP contribution in [0.4, 0.5) is 17.6 Å². The molecule has 2 unspecified atom stereocenters. The molecule has 3 rings (SSSR count). The van der Waals surface area contributed by atoms with E-state index < -0.39 is 33.9 Å². The Balaban J connectivity index is 1.71. The summed E-state index contributed by atoms with van der Waals surface area (Å²) in [6.45, 7) is 2.95. The van der Waals surface area contributed by atoms with Gasteiger partial charge in [0.2, 0.25) is 0 Å². The molecule has 1 fully saturated rings. The SMILES string of the molecule is CC1(C)C(C=C(Cl)C(F)(F)F)C1(C#N)C(=O)OOc1cccc(Cc2ccc(F)cc2)c1. The van der Waals surface area contributed by atoms with Gasteiger partial charge in [-0.25, -0.2) is 14.1 Å². The molecule has 1 saturated carbocycles. The highest BCUT2D eigenvalue weighted by atomic mass is 35.5. The number of nitriles is 1. The Morgan fingerprint density at radius 1 is 1.19 bits per heavy atom. The van der Waals surface area contributed by atoms with Crippen LogP contribution in [-0.2, 0) is 16.1 Å². The van der Waals surface area contributed by atoms with Crippen LogP contribution in [-0.4, -0.2) is 12.1 Å². The number of allylic oxidation sites excluding steroid dienone is 2. The molecule has 0 spiro atoms. The minimum absolute atomic E-state index is 0.157. The van der Waals surface area contributed by atoms with Gasteiger partial charge in [-0.1, -0.05) is 55.8 Å². The van der Waals surface area contributed by atoms with E-state index in [1.165, 1.54) is 32.0 Å². The van der Waals surface area contributed by atoms with Crippen LogP contribution in [0.1, 0.15) is 25.0 Å². The number of nitrogens with zero attached hydrogens (tertiary/aromatic N) is 1. The zero-order chi connectivity index (χ0) is 23.7. The highest BCUT2D eigenvalue weighted by Gasteiger charge is 2.78. The van der Waals surface area contributed by atoms with Crippen LogP contribution in [0.5, 0.6) is 5.75 Å². The van der Waals surface area contributed by atoms with E-state index in [2.05, 4.69) is 0 Å². The van der Waals surface area contributed by atoms with Crippen LogP contribution in [0.2, 0.25) is 0 Å². The normalized spacial score (nSPS) is 22.1. The zero-order valence-corrected chi connectivity index (χ0v) is 17.8. The molecule has 4 nitrogen and oxygen atoms in total. The van der Waals surface area contributed by atoms with E-state index in [0.717, 1.165) is 11.1 Å². The van der Waals surface area contributed by atoms with Crippen LogP contribution >= 0.6 is 11.6 Å². The number of benzene rings is 2. The molecule has 0 N–H and O–H groups in total. The molecule has 2 aromatic carbocycles. The molecule has 2 aromatic rings. The highest BCUT2D eigenvalue weighted by Crippen LogP contribution is 2.70. The lowest BCUT2D eigenvalue weighted by atomic mass is 9.98. The molecular formula is C23H18ClF4NO3. The lowest BCUT2D eigenvalue weighted by molar-refractivity contribution is -0.219. The molecule has 0 heterocycles. The van der Waals surface area contributed by atoms with Crippen molar-refractivity contribution in [2.24, 2.45) is 16.7 Å². The maximum atomic E-state index is 13.0. The van der Waals surface area contributed by atoms with Crippen molar-refractivity contribution in [1.29, 1.82) is 5.26 Å². The van der Waals surface area contributed by atoms with Gasteiger partial charge in [0.15, 0.2) is 11.2 Å². The number of hydrogen-bond donors (Lipinski definition) is 0. The third kappa shape index (κ3) is 4.44. The van der Waals surface area contributed by atoms with Gasteiger partial charge in [-0.3, -0.25) is 4.89 Å². The predicted octanol–water partition coefficient (Wildman–Crippen LogP) is 6.10. The number of alkyl halides is 3. The topological polar surface area (TPSA) is 59.3 Å². The fourth-order valence-corrected chi connectivity index (χ4v) is 3.85. The van der Waals surface area contributed by atoms with Crippen molar-refractivity contribution in [3.8, 4) is 11.8 Å². The van der Waals surface area contributed by atoms with Gasteiger partial charge in [0.25, 0.3) is 0 Å². The molecule has 32 heavy (non-hydrogen) atoms. The van der Waals surface area contributed by atoms with E-state index in [1.54, 1.807) is 36.4 Å². The predicted molar refractivity (Wildman–Crippen MR) is 108 cm³/mol. The molecule has 0 bridgehead atoms. The molecular weight excluding hydrogens is 450 g/mol. The summed E-state index contributed by atoms with van der Waals surface area (Å²) in [7, 11) is 0. The fraction of sp³-hybridized carbons (Fsp3) is 0.304. The van der Waals surface area contributed by atoms with Gasteiger partial charge in [-0.05, 0) is 41.8 Å². The molecule has 168 valence electrons. The second-order valence-corrected chi connectivity index (χ2v) is 8.44. The average molecular weight is 468 g/mol. The maximum absolute atomic E-state index is 13.0. The van der Waals surface area contributed by atoms with Crippen LogP contribution in [0.25, 0.3) is 0 Å². The van der Waals surface area contributed by atoms with E-state index in [0.29, 0.717) is 12.5 Å². The van der Waals surface area contributed by atoms with Crippen LogP contribution in [0.3, 0.4) is 0 Å². The summed E-state index contributed by atoms with van der Waals surface area (Å²) in [5.41, 5.74) is -1.38. The van der Waals surface area contributed by atoms with Crippen molar-refractivity contribution in [1.82, 2.24) is 0 Å². The van der Waals surface area contributed by atoms with E-state index in [4.69, 9.17) is 21.4 Å². The minimum Gasteiger partial charge on any atom is -0.287 e. The first-order valence-electron chi connectivity index (χ1n) is 9.50. The number of carbonyl (C=O) groups is 1. The smallest absolute Gasteiger partial charge is 0.287 e. The molecule has 1 aliphatic rings. The lowest BCUT2D eigenvalue weighted by Crippen LogP contribution is -2.24. The van der Waals surface area contributed by atoms with Crippen molar-refractivity contribution in [2.45, 2.75) is 26.4 Å². The van der Waals surface area contributed by atoms with Crippen molar-refractivity contribution in [3.63, 3.8) is 0 Å². The van der Waals surface area contributed by atoms with E-state index in [1.807, 2.05) is 0 Å². The Hall–Kier alpha value is -3.05. The highest BCUT2D eigenvalue weighted by molar-refractivity contribution is 6.30. The van der Waals surface area contributed by atoms with E-state index in [9.17, 15) is 27.6 Å². The van der Waals surface area contributed by atoms with Crippen LogP contribution in [0.15, 0.2) is 59.6 Å². The van der Waals surface area contributed by atoms with E-state index in [-0.39, 0.29) is 11.6 Å². The molecule has 1 aliphatic carbocycles. The van der Waals surface area contributed by atoms with Crippen LogP contribution in [0, 0.1) is 33.9 Å². The summed E-state index contributed by atoms with van der Waals surface area (Å²) in [5, 5.41) is 8.18. The summed E-state index contributed by atoms with van der Waals surface area (Å²) in [4.78, 5) is 22.5. The van der Waals surface area contributed by atoms with Gasteiger partial charge in [-0.2, -0.15) is 18.4 Å². The van der Waals surface area contributed by atoms with Gasteiger partial charge in [0.05, 0.1) is 6.07 Å². The molecule has 9 heteroatoms. The zero-order valence-electron chi connectivity index (χ0n) is 17.0. The number of halogens is 5. The molecule has 0 aromatic heterocycles. The van der Waals surface area contributed by atoms with Gasteiger partial charge in [-0.15, -0.1) is 0 Å². The van der Waals surface area contributed by atoms with Crippen LogP contribution < -0.4 is 4.89 Å². The van der Waals surface area contributed by atoms with Gasteiger partial charge >= 0.3 is 12.1 Å². The summed E-state index contributed by atoms with van der Waals surface area (Å²) in [6.07, 6.45) is -3.66. The lowest BCUT2D eigenvalue weighted by Gasteiger charge is -2.11. The van der Waals surface area contributed by atoms with Crippen molar-refractivity contribution >= 4 is 17.6 Å². The number of hydrogen-bond acceptors (Lipinski definition) is 4. The summed E-state index contributed by atoms with van der Waals surface area (Å²) in [5.74, 6) is -2.40. The molecule has 0 radical (unpaired) electrons. The molecule has 2 atom stereocenters. The minimum atomic E-state index is -4.78. The first-order chi connectivity index (χ1) is 14.9.